The number of hydrogen-bond acceptors (Lipinski definition) is 2. The highest BCUT2D eigenvalue weighted by molar-refractivity contribution is 7.96. The van der Waals surface area contributed by atoms with Gasteiger partial charge < -0.3 is 0 Å². The Morgan fingerprint density at radius 2 is 1.00 bits per heavy atom. The van der Waals surface area contributed by atoms with E-state index in [1.807, 2.05) is 12.1 Å². The largest absolute Gasteiger partial charge is 0.269 e. The van der Waals surface area contributed by atoms with Crippen LogP contribution in [0.15, 0.2) is 133 Å². The molecule has 5 aromatic carbocycles. The Bertz CT molecular complexity index is 1420. The van der Waals surface area contributed by atoms with Crippen LogP contribution in [0.5, 0.6) is 0 Å². The van der Waals surface area contributed by atoms with Gasteiger partial charge in [-0.15, -0.1) is 0 Å². The Labute approximate surface area is 205 Å². The summed E-state index contributed by atoms with van der Waals surface area (Å²) >= 11 is 0. The second-order valence-electron chi connectivity index (χ2n) is 8.75. The number of rotatable bonds is 5. The molecule has 0 aliphatic heterocycles. The average molecular weight is 473 g/mol. The first kappa shape index (κ1) is 21.5. The lowest BCUT2D eigenvalue weighted by molar-refractivity contribution is -0.384. The summed E-state index contributed by atoms with van der Waals surface area (Å²) in [6, 6.07) is 46.0. The summed E-state index contributed by atoms with van der Waals surface area (Å²) in [6.45, 7) is 0. The Morgan fingerprint density at radius 3 is 1.51 bits per heavy atom. The van der Waals surface area contributed by atoms with E-state index >= 15 is 0 Å². The minimum atomic E-state index is -2.34. The van der Waals surface area contributed by atoms with Gasteiger partial charge in [0.2, 0.25) is 0 Å². The number of hydrogen-bond donors (Lipinski definition) is 0. The number of non-ortho nitro benzene ring substituents is 1. The smallest absolute Gasteiger partial charge is 0.258 e. The molecule has 0 unspecified atom stereocenters. The van der Waals surface area contributed by atoms with Crippen LogP contribution in [-0.4, -0.2) is 4.92 Å². The van der Waals surface area contributed by atoms with Gasteiger partial charge in [-0.2, -0.15) is 0 Å². The third-order valence-electron chi connectivity index (χ3n) is 6.96. The lowest BCUT2D eigenvalue weighted by Gasteiger charge is -2.34. The highest BCUT2D eigenvalue weighted by atomic mass is 31.2. The van der Waals surface area contributed by atoms with Gasteiger partial charge in [-0.1, -0.05) is 78.9 Å². The predicted molar refractivity (Wildman–Crippen MR) is 146 cm³/mol. The van der Waals surface area contributed by atoms with Crippen molar-refractivity contribution >= 4 is 28.9 Å². The molecule has 0 bridgehead atoms. The topological polar surface area (TPSA) is 43.1 Å². The number of nitro benzene ring substituents is 1. The molecule has 0 saturated carbocycles. The van der Waals surface area contributed by atoms with Crippen LogP contribution in [-0.2, 0) is 0 Å². The summed E-state index contributed by atoms with van der Waals surface area (Å²) in [6.07, 6.45) is 0. The molecule has 5 aromatic rings. The molecule has 0 radical (unpaired) electrons. The summed E-state index contributed by atoms with van der Waals surface area (Å²) in [7, 11) is -2.34. The van der Waals surface area contributed by atoms with Crippen molar-refractivity contribution in [3.8, 4) is 11.1 Å². The van der Waals surface area contributed by atoms with E-state index in [1.165, 1.54) is 21.5 Å². The highest BCUT2D eigenvalue weighted by Crippen LogP contribution is 2.72. The molecule has 0 spiro atoms. The van der Waals surface area contributed by atoms with Gasteiger partial charge in [-0.05, 0) is 53.6 Å². The number of nitrogens with zero attached hydrogens (tertiary/aromatic N) is 1. The van der Waals surface area contributed by atoms with Gasteiger partial charge in [0, 0.05) is 23.3 Å². The van der Waals surface area contributed by atoms with E-state index in [0.29, 0.717) is 0 Å². The fraction of sp³-hybridized carbons (Fsp3) is 0.0323. The summed E-state index contributed by atoms with van der Waals surface area (Å²) in [5.41, 5.74) is 4.60. The van der Waals surface area contributed by atoms with Crippen molar-refractivity contribution in [2.75, 3.05) is 0 Å². The third-order valence-corrected chi connectivity index (χ3v) is 11.6. The summed E-state index contributed by atoms with van der Waals surface area (Å²) in [5.74, 6) is 0. The minimum absolute atomic E-state index is 0.0409. The van der Waals surface area contributed by atoms with E-state index in [1.54, 1.807) is 6.07 Å². The van der Waals surface area contributed by atoms with Crippen molar-refractivity contribution < 1.29 is 4.92 Å². The van der Waals surface area contributed by atoms with E-state index in [9.17, 15) is 10.1 Å². The van der Waals surface area contributed by atoms with Gasteiger partial charge in [0.15, 0.2) is 0 Å². The average Bonchev–Trinajstić information content (AvgIpc) is 3.25. The summed E-state index contributed by atoms with van der Waals surface area (Å²) < 4.78 is 0. The molecule has 4 heteroatoms. The molecule has 168 valence electrons. The first-order valence-corrected chi connectivity index (χ1v) is 13.5. The van der Waals surface area contributed by atoms with E-state index in [-0.39, 0.29) is 16.3 Å². The van der Waals surface area contributed by atoms with Crippen molar-refractivity contribution in [1.29, 1.82) is 0 Å². The van der Waals surface area contributed by atoms with Gasteiger partial charge in [-0.25, -0.2) is 0 Å². The van der Waals surface area contributed by atoms with Crippen LogP contribution in [0.25, 0.3) is 11.1 Å². The molecule has 1 atom stereocenters. The number of fused-ring (bicyclic) bond motifs is 3. The van der Waals surface area contributed by atoms with Gasteiger partial charge >= 0.3 is 0 Å². The molecular weight excluding hydrogens is 449 g/mol. The Morgan fingerprint density at radius 1 is 0.543 bits per heavy atom. The second kappa shape index (κ2) is 8.61. The normalized spacial score (nSPS) is 14.2. The van der Waals surface area contributed by atoms with Gasteiger partial charge in [-0.3, -0.25) is 10.1 Å². The number of benzene rings is 5. The second-order valence-corrected chi connectivity index (χ2v) is 12.3. The summed E-state index contributed by atoms with van der Waals surface area (Å²) in [5, 5.41) is 15.6. The quantitative estimate of drug-likeness (QED) is 0.163. The van der Waals surface area contributed by atoms with Crippen molar-refractivity contribution in [3.63, 3.8) is 0 Å². The van der Waals surface area contributed by atoms with Gasteiger partial charge in [0.05, 0.1) is 4.92 Å². The standard InChI is InChI=1S/C31H23NO2P/c33-32(34)23-20-21-28-27-18-10-11-19-29(27)31(30(28)22-23)35(24-12-4-1-5-13-24,25-14-6-2-7-15-25)26-16-8-3-9-17-26/h1-22,31H/q+1/t31-/m0/s1. The molecule has 6 rings (SSSR count). The Kier molecular flexibility index (Phi) is 5.28. The minimum Gasteiger partial charge on any atom is -0.258 e. The molecule has 0 fully saturated rings. The summed E-state index contributed by atoms with van der Waals surface area (Å²) in [4.78, 5) is 11.6. The maximum atomic E-state index is 11.9. The zero-order chi connectivity index (χ0) is 23.8. The fourth-order valence-corrected chi connectivity index (χ4v) is 10.6. The zero-order valence-electron chi connectivity index (χ0n) is 19.0. The van der Waals surface area contributed by atoms with Crippen molar-refractivity contribution in [2.24, 2.45) is 0 Å². The predicted octanol–water partition coefficient (Wildman–Crippen LogP) is 6.66. The van der Waals surface area contributed by atoms with Crippen LogP contribution in [0.3, 0.4) is 0 Å². The fourth-order valence-electron chi connectivity index (χ4n) is 5.58. The van der Waals surface area contributed by atoms with E-state index in [2.05, 4.69) is 115 Å². The van der Waals surface area contributed by atoms with Crippen LogP contribution >= 0.6 is 7.26 Å². The van der Waals surface area contributed by atoms with Crippen LogP contribution in [0.4, 0.5) is 5.69 Å². The van der Waals surface area contributed by atoms with Gasteiger partial charge in [0.25, 0.3) is 5.69 Å². The molecule has 35 heavy (non-hydrogen) atoms. The molecular formula is C31H23NO2P+. The lowest BCUT2D eigenvalue weighted by atomic mass is 10.1. The van der Waals surface area contributed by atoms with Gasteiger partial charge in [0.1, 0.15) is 28.8 Å². The number of nitro groups is 1. The van der Waals surface area contributed by atoms with E-state index < -0.39 is 7.26 Å². The van der Waals surface area contributed by atoms with Crippen molar-refractivity contribution in [3.05, 3.63) is 155 Å². The monoisotopic (exact) mass is 472 g/mol. The van der Waals surface area contributed by atoms with E-state index in [0.717, 1.165) is 16.7 Å². The van der Waals surface area contributed by atoms with Crippen molar-refractivity contribution in [2.45, 2.75) is 5.66 Å². The molecule has 1 aliphatic carbocycles. The zero-order valence-corrected chi connectivity index (χ0v) is 19.9. The molecule has 1 aliphatic rings. The maximum absolute atomic E-state index is 11.9. The SMILES string of the molecule is O=[N+]([O-])c1ccc2c(c1)[C@@H]([P+](c1ccccc1)(c1ccccc1)c1ccccc1)c1ccccc1-2. The molecule has 0 aromatic heterocycles. The van der Waals surface area contributed by atoms with Crippen LogP contribution < -0.4 is 15.9 Å². The lowest BCUT2D eigenvalue weighted by Crippen LogP contribution is -2.35. The first-order valence-electron chi connectivity index (χ1n) is 11.6. The molecule has 0 N–H and O–H groups in total. The molecule has 0 saturated heterocycles. The van der Waals surface area contributed by atoms with Crippen LogP contribution in [0.2, 0.25) is 0 Å². The Balaban J connectivity index is 1.79. The highest BCUT2D eigenvalue weighted by Gasteiger charge is 2.57. The van der Waals surface area contributed by atoms with Crippen molar-refractivity contribution in [1.82, 2.24) is 0 Å². The van der Waals surface area contributed by atoms with E-state index in [4.69, 9.17) is 0 Å². The first-order chi connectivity index (χ1) is 17.2. The maximum Gasteiger partial charge on any atom is 0.269 e. The van der Waals surface area contributed by atoms with Crippen LogP contribution in [0.1, 0.15) is 16.8 Å². The molecule has 0 amide bonds. The Hall–Kier alpha value is -4.07. The molecule has 3 nitrogen and oxygen atoms in total. The van der Waals surface area contributed by atoms with Crippen LogP contribution in [0, 0.1) is 10.1 Å². The third kappa shape index (κ3) is 3.31. The molecule has 0 heterocycles.